The summed E-state index contributed by atoms with van der Waals surface area (Å²) >= 11 is 0. The van der Waals surface area contributed by atoms with Gasteiger partial charge >= 0.3 is 0 Å². The lowest BCUT2D eigenvalue weighted by atomic mass is 9.58. The third kappa shape index (κ3) is 2.92. The summed E-state index contributed by atoms with van der Waals surface area (Å²) in [4.78, 5) is 0. The molecule has 0 amide bonds. The van der Waals surface area contributed by atoms with Crippen LogP contribution in [0.25, 0.3) is 0 Å². The van der Waals surface area contributed by atoms with Crippen molar-refractivity contribution in [3.05, 3.63) is 57.6 Å². The lowest BCUT2D eigenvalue weighted by Crippen LogP contribution is -2.34. The molecular formula is C18H22B. The van der Waals surface area contributed by atoms with E-state index in [1.165, 1.54) is 44.3 Å². The predicted molar refractivity (Wildman–Crippen MR) is 86.3 cm³/mol. The van der Waals surface area contributed by atoms with Crippen molar-refractivity contribution in [1.82, 2.24) is 0 Å². The van der Waals surface area contributed by atoms with Crippen LogP contribution in [-0.2, 0) is 0 Å². The molecule has 0 bridgehead atoms. The first-order valence-corrected chi connectivity index (χ1v) is 6.89. The average Bonchev–Trinajstić information content (AvgIpc) is 2.25. The molecule has 0 heterocycles. The van der Waals surface area contributed by atoms with Crippen molar-refractivity contribution in [2.45, 2.75) is 41.5 Å². The molecule has 1 radical (unpaired) electrons. The largest absolute Gasteiger partial charge is 0.192 e. The van der Waals surface area contributed by atoms with Crippen molar-refractivity contribution in [1.29, 1.82) is 0 Å². The minimum atomic E-state index is 1.34. The average molecular weight is 249 g/mol. The third-order valence-corrected chi connectivity index (χ3v) is 3.76. The highest BCUT2D eigenvalue weighted by Crippen LogP contribution is 2.08. The number of hydrogen-bond acceptors (Lipinski definition) is 0. The molecule has 0 nitrogen and oxygen atoms in total. The quantitative estimate of drug-likeness (QED) is 0.717. The fourth-order valence-corrected chi connectivity index (χ4v) is 2.98. The fourth-order valence-electron chi connectivity index (χ4n) is 2.98. The molecular weight excluding hydrogens is 227 g/mol. The normalized spacial score (nSPS) is 10.6. The van der Waals surface area contributed by atoms with Crippen molar-refractivity contribution in [3.63, 3.8) is 0 Å². The fraction of sp³-hybridized carbons (Fsp3) is 0.333. The summed E-state index contributed by atoms with van der Waals surface area (Å²) in [6.45, 7) is 13.1. The molecule has 2 rings (SSSR count). The van der Waals surface area contributed by atoms with E-state index in [9.17, 15) is 0 Å². The summed E-state index contributed by atoms with van der Waals surface area (Å²) in [5.41, 5.74) is 10.8. The number of benzene rings is 2. The second kappa shape index (κ2) is 5.24. The maximum absolute atomic E-state index is 2.34. The van der Waals surface area contributed by atoms with Gasteiger partial charge in [-0.15, -0.1) is 0 Å². The molecule has 0 aliphatic heterocycles. The molecule has 0 saturated carbocycles. The van der Waals surface area contributed by atoms with Gasteiger partial charge in [-0.05, 0) is 41.5 Å². The Hall–Kier alpha value is -1.50. The van der Waals surface area contributed by atoms with Gasteiger partial charge in [0.05, 0.1) is 0 Å². The molecule has 0 aliphatic carbocycles. The summed E-state index contributed by atoms with van der Waals surface area (Å²) in [5, 5.41) is 0. The summed E-state index contributed by atoms with van der Waals surface area (Å²) in [6, 6.07) is 9.05. The van der Waals surface area contributed by atoms with E-state index < -0.39 is 0 Å². The maximum atomic E-state index is 2.34. The van der Waals surface area contributed by atoms with Crippen LogP contribution < -0.4 is 10.9 Å². The zero-order valence-corrected chi connectivity index (χ0v) is 12.9. The Labute approximate surface area is 118 Å². The highest BCUT2D eigenvalue weighted by molar-refractivity contribution is 6.69. The van der Waals surface area contributed by atoms with E-state index in [-0.39, 0.29) is 0 Å². The van der Waals surface area contributed by atoms with Crippen LogP contribution in [0.15, 0.2) is 24.3 Å². The Morgan fingerprint density at radius 1 is 0.526 bits per heavy atom. The Morgan fingerprint density at radius 2 is 0.789 bits per heavy atom. The zero-order chi connectivity index (χ0) is 14.2. The molecule has 0 atom stereocenters. The number of rotatable bonds is 2. The second-order valence-electron chi connectivity index (χ2n) is 5.77. The molecule has 19 heavy (non-hydrogen) atoms. The Balaban J connectivity index is 2.48. The van der Waals surface area contributed by atoms with E-state index in [0.29, 0.717) is 0 Å². The summed E-state index contributed by atoms with van der Waals surface area (Å²) < 4.78 is 0. The third-order valence-electron chi connectivity index (χ3n) is 3.76. The van der Waals surface area contributed by atoms with Crippen LogP contribution in [0.4, 0.5) is 0 Å². The smallest absolute Gasteiger partial charge is 0.0757 e. The van der Waals surface area contributed by atoms with Gasteiger partial charge in [-0.2, -0.15) is 0 Å². The molecule has 2 aromatic carbocycles. The van der Waals surface area contributed by atoms with Gasteiger partial charge in [0, 0.05) is 0 Å². The molecule has 0 unspecified atom stereocenters. The molecule has 0 fully saturated rings. The Morgan fingerprint density at radius 3 is 1.05 bits per heavy atom. The topological polar surface area (TPSA) is 0 Å². The lowest BCUT2D eigenvalue weighted by Gasteiger charge is -2.15. The summed E-state index contributed by atoms with van der Waals surface area (Å²) in [5.74, 6) is 0. The van der Waals surface area contributed by atoms with Crippen molar-refractivity contribution in [2.75, 3.05) is 0 Å². The number of aryl methyl sites for hydroxylation is 6. The van der Waals surface area contributed by atoms with E-state index in [1.807, 2.05) is 0 Å². The van der Waals surface area contributed by atoms with Crippen LogP contribution in [0.3, 0.4) is 0 Å². The first-order chi connectivity index (χ1) is 8.88. The van der Waals surface area contributed by atoms with Crippen LogP contribution in [0, 0.1) is 41.5 Å². The highest BCUT2D eigenvalue weighted by Gasteiger charge is 2.11. The maximum Gasteiger partial charge on any atom is 0.192 e. The lowest BCUT2D eigenvalue weighted by molar-refractivity contribution is 1.34. The van der Waals surface area contributed by atoms with Gasteiger partial charge in [0.1, 0.15) is 0 Å². The van der Waals surface area contributed by atoms with E-state index in [2.05, 4.69) is 73.1 Å². The first kappa shape index (κ1) is 13.9. The van der Waals surface area contributed by atoms with Gasteiger partial charge in [0.25, 0.3) is 0 Å². The monoisotopic (exact) mass is 249 g/mol. The Kier molecular flexibility index (Phi) is 3.84. The van der Waals surface area contributed by atoms with Crippen molar-refractivity contribution in [2.24, 2.45) is 0 Å². The van der Waals surface area contributed by atoms with E-state index in [4.69, 9.17) is 0 Å². The van der Waals surface area contributed by atoms with Gasteiger partial charge in [0.15, 0.2) is 7.28 Å². The van der Waals surface area contributed by atoms with Crippen molar-refractivity contribution in [3.8, 4) is 0 Å². The van der Waals surface area contributed by atoms with Crippen LogP contribution in [0.1, 0.15) is 33.4 Å². The van der Waals surface area contributed by atoms with Crippen LogP contribution in [-0.4, -0.2) is 7.28 Å². The SMILES string of the molecule is Cc1cc(C)c([B]c2c(C)cc(C)cc2C)c(C)c1. The van der Waals surface area contributed by atoms with Gasteiger partial charge in [0.2, 0.25) is 0 Å². The zero-order valence-electron chi connectivity index (χ0n) is 12.9. The number of hydrogen-bond donors (Lipinski definition) is 0. The molecule has 0 spiro atoms. The second-order valence-corrected chi connectivity index (χ2v) is 5.77. The first-order valence-electron chi connectivity index (χ1n) is 6.89. The summed E-state index contributed by atoms with van der Waals surface area (Å²) in [7, 11) is 2.34. The highest BCUT2D eigenvalue weighted by atomic mass is 14.0. The minimum absolute atomic E-state index is 1.34. The van der Waals surface area contributed by atoms with E-state index in [1.54, 1.807) is 0 Å². The molecule has 0 aliphatic rings. The van der Waals surface area contributed by atoms with E-state index >= 15 is 0 Å². The van der Waals surface area contributed by atoms with E-state index in [0.717, 1.165) is 0 Å². The minimum Gasteiger partial charge on any atom is -0.0757 e. The van der Waals surface area contributed by atoms with Crippen molar-refractivity contribution >= 4 is 18.2 Å². The van der Waals surface area contributed by atoms with Gasteiger partial charge in [-0.1, -0.05) is 68.6 Å². The molecule has 0 saturated heterocycles. The van der Waals surface area contributed by atoms with Crippen LogP contribution in [0.5, 0.6) is 0 Å². The van der Waals surface area contributed by atoms with Gasteiger partial charge in [-0.25, -0.2) is 0 Å². The predicted octanol–water partition coefficient (Wildman–Crippen LogP) is 3.19. The molecule has 97 valence electrons. The Bertz CT molecular complexity index is 522. The van der Waals surface area contributed by atoms with Gasteiger partial charge < -0.3 is 0 Å². The van der Waals surface area contributed by atoms with Crippen LogP contribution in [0.2, 0.25) is 0 Å². The molecule has 0 N–H and O–H groups in total. The molecule has 0 aromatic heterocycles. The molecule has 1 heteroatoms. The molecule has 2 aromatic rings. The van der Waals surface area contributed by atoms with Crippen molar-refractivity contribution < 1.29 is 0 Å². The standard InChI is InChI=1S/C18H22B/c1-11-7-13(3)17(14(4)8-11)19-18-15(5)9-12(2)10-16(18)6/h7-10H,1-6H3. The summed E-state index contributed by atoms with van der Waals surface area (Å²) in [6.07, 6.45) is 0. The van der Waals surface area contributed by atoms with Gasteiger partial charge in [-0.3, -0.25) is 0 Å². The van der Waals surface area contributed by atoms with Crippen LogP contribution >= 0.6 is 0 Å².